The number of hydrogen-bond donors (Lipinski definition) is 1. The minimum Gasteiger partial charge on any atom is -0.482 e. The molecule has 0 bridgehead atoms. The highest BCUT2D eigenvalue weighted by molar-refractivity contribution is 6.34. The van der Waals surface area contributed by atoms with E-state index in [0.717, 1.165) is 0 Å². The summed E-state index contributed by atoms with van der Waals surface area (Å²) in [6.45, 7) is -0.423. The second-order valence-corrected chi connectivity index (χ2v) is 7.17. The first-order valence-electron chi connectivity index (χ1n) is 8.30. The summed E-state index contributed by atoms with van der Waals surface area (Å²) in [6, 6.07) is 9.44. The average molecular weight is 422 g/mol. The van der Waals surface area contributed by atoms with Gasteiger partial charge in [0.1, 0.15) is 12.3 Å². The zero-order valence-electron chi connectivity index (χ0n) is 15.2. The lowest BCUT2D eigenvalue weighted by Gasteiger charge is -2.29. The van der Waals surface area contributed by atoms with Gasteiger partial charge < -0.3 is 15.0 Å². The Morgan fingerprint density at radius 3 is 2.64 bits per heavy atom. The van der Waals surface area contributed by atoms with Gasteiger partial charge >= 0.3 is 0 Å². The van der Waals surface area contributed by atoms with Crippen LogP contribution in [0.25, 0.3) is 0 Å². The Morgan fingerprint density at radius 1 is 1.18 bits per heavy atom. The Bertz CT molecular complexity index is 962. The van der Waals surface area contributed by atoms with Gasteiger partial charge in [0.2, 0.25) is 5.91 Å². The summed E-state index contributed by atoms with van der Waals surface area (Å²) < 4.78 is 5.36. The molecule has 1 N–H and O–H groups in total. The number of nitrogens with zero attached hydrogens (tertiary/aromatic N) is 2. The quantitative estimate of drug-likeness (QED) is 0.822. The average Bonchev–Trinajstić information content (AvgIpc) is 2.65. The van der Waals surface area contributed by atoms with Crippen molar-refractivity contribution in [3.63, 3.8) is 0 Å². The zero-order chi connectivity index (χ0) is 20.4. The maximum absolute atomic E-state index is 12.6. The summed E-state index contributed by atoms with van der Waals surface area (Å²) in [7, 11) is 3.25. The topological polar surface area (TPSA) is 79.0 Å². The fraction of sp³-hybridized carbons (Fsp3) is 0.211. The predicted octanol–water partition coefficient (Wildman–Crippen LogP) is 3.06. The van der Waals surface area contributed by atoms with Crippen molar-refractivity contribution in [2.45, 2.75) is 0 Å². The first kappa shape index (κ1) is 20.0. The van der Waals surface area contributed by atoms with Crippen LogP contribution in [0.15, 0.2) is 36.4 Å². The SMILES string of the molecule is CN(C)C(=O)c1ccc(Cl)c(NC(=O)CN2C(=O)COc3ccc(Cl)cc32)c1. The molecule has 146 valence electrons. The molecule has 0 aliphatic carbocycles. The van der Waals surface area contributed by atoms with Crippen molar-refractivity contribution in [2.75, 3.05) is 37.5 Å². The number of carbonyl (C=O) groups excluding carboxylic acids is 3. The van der Waals surface area contributed by atoms with Crippen molar-refractivity contribution in [1.82, 2.24) is 4.90 Å². The second-order valence-electron chi connectivity index (χ2n) is 6.32. The third-order valence-electron chi connectivity index (χ3n) is 4.06. The largest absolute Gasteiger partial charge is 0.482 e. The van der Waals surface area contributed by atoms with Crippen molar-refractivity contribution in [3.05, 3.63) is 52.0 Å². The molecule has 0 spiro atoms. The third kappa shape index (κ3) is 4.21. The van der Waals surface area contributed by atoms with Crippen LogP contribution < -0.4 is 15.0 Å². The Labute approximate surface area is 171 Å². The molecule has 0 atom stereocenters. The number of benzene rings is 2. The number of ether oxygens (including phenoxy) is 1. The van der Waals surface area contributed by atoms with E-state index in [1.807, 2.05) is 0 Å². The van der Waals surface area contributed by atoms with Crippen LogP contribution in [0.5, 0.6) is 5.75 Å². The molecule has 2 aromatic carbocycles. The van der Waals surface area contributed by atoms with Crippen LogP contribution in [0.3, 0.4) is 0 Å². The molecular formula is C19H17Cl2N3O4. The van der Waals surface area contributed by atoms with Gasteiger partial charge in [0, 0.05) is 24.7 Å². The molecule has 3 rings (SSSR count). The summed E-state index contributed by atoms with van der Waals surface area (Å²) in [5.74, 6) is -0.599. The highest BCUT2D eigenvalue weighted by Crippen LogP contribution is 2.34. The number of fused-ring (bicyclic) bond motifs is 1. The number of rotatable bonds is 4. The Balaban J connectivity index is 1.80. The molecule has 1 aliphatic rings. The summed E-state index contributed by atoms with van der Waals surface area (Å²) in [6.07, 6.45) is 0. The maximum atomic E-state index is 12.6. The van der Waals surface area contributed by atoms with E-state index >= 15 is 0 Å². The molecule has 0 radical (unpaired) electrons. The minimum atomic E-state index is -0.475. The van der Waals surface area contributed by atoms with Gasteiger partial charge in [0.25, 0.3) is 11.8 Å². The van der Waals surface area contributed by atoms with Crippen molar-refractivity contribution in [3.8, 4) is 5.75 Å². The van der Waals surface area contributed by atoms with Gasteiger partial charge in [0.15, 0.2) is 6.61 Å². The van der Waals surface area contributed by atoms with Crippen LogP contribution in [-0.2, 0) is 9.59 Å². The molecule has 0 aromatic heterocycles. The van der Waals surface area contributed by atoms with E-state index in [0.29, 0.717) is 22.0 Å². The third-order valence-corrected chi connectivity index (χ3v) is 4.62. The minimum absolute atomic E-state index is 0.171. The molecule has 0 saturated carbocycles. The van der Waals surface area contributed by atoms with Gasteiger partial charge in [-0.2, -0.15) is 0 Å². The van der Waals surface area contributed by atoms with Crippen molar-refractivity contribution in [2.24, 2.45) is 0 Å². The molecule has 1 aliphatic heterocycles. The van der Waals surface area contributed by atoms with Crippen LogP contribution in [0.4, 0.5) is 11.4 Å². The van der Waals surface area contributed by atoms with E-state index in [9.17, 15) is 14.4 Å². The van der Waals surface area contributed by atoms with E-state index in [1.54, 1.807) is 38.4 Å². The lowest BCUT2D eigenvalue weighted by atomic mass is 10.1. The van der Waals surface area contributed by atoms with Gasteiger partial charge in [-0.1, -0.05) is 23.2 Å². The lowest BCUT2D eigenvalue weighted by molar-refractivity contribution is -0.123. The molecule has 0 saturated heterocycles. The molecule has 9 heteroatoms. The molecule has 2 aromatic rings. The van der Waals surface area contributed by atoms with Crippen LogP contribution in [0, 0.1) is 0 Å². The standard InChI is InChI=1S/C19H17Cl2N3O4/c1-23(2)19(27)11-3-5-13(21)14(7-11)22-17(25)9-24-15-8-12(20)4-6-16(15)28-10-18(24)26/h3-8H,9-10H2,1-2H3,(H,22,25). The molecular weight excluding hydrogens is 405 g/mol. The normalized spacial score (nSPS) is 12.9. The highest BCUT2D eigenvalue weighted by atomic mass is 35.5. The number of hydrogen-bond acceptors (Lipinski definition) is 4. The molecule has 3 amide bonds. The van der Waals surface area contributed by atoms with Crippen LogP contribution in [0.2, 0.25) is 10.0 Å². The predicted molar refractivity (Wildman–Crippen MR) is 107 cm³/mol. The number of halogens is 2. The first-order chi connectivity index (χ1) is 13.3. The lowest BCUT2D eigenvalue weighted by Crippen LogP contribution is -2.43. The Hall–Kier alpha value is -2.77. The van der Waals surface area contributed by atoms with Crippen molar-refractivity contribution < 1.29 is 19.1 Å². The van der Waals surface area contributed by atoms with Crippen LogP contribution in [0.1, 0.15) is 10.4 Å². The van der Waals surface area contributed by atoms with E-state index in [1.165, 1.54) is 21.9 Å². The molecule has 28 heavy (non-hydrogen) atoms. The van der Waals surface area contributed by atoms with E-state index in [4.69, 9.17) is 27.9 Å². The monoisotopic (exact) mass is 421 g/mol. The van der Waals surface area contributed by atoms with Crippen LogP contribution in [-0.4, -0.2) is 49.9 Å². The Morgan fingerprint density at radius 2 is 1.93 bits per heavy atom. The number of carbonyl (C=O) groups is 3. The van der Waals surface area contributed by atoms with Gasteiger partial charge in [-0.05, 0) is 36.4 Å². The van der Waals surface area contributed by atoms with Gasteiger partial charge in [-0.25, -0.2) is 0 Å². The summed E-state index contributed by atoms with van der Waals surface area (Å²) in [4.78, 5) is 39.6. The summed E-state index contributed by atoms with van der Waals surface area (Å²) >= 11 is 12.1. The van der Waals surface area contributed by atoms with Crippen LogP contribution >= 0.6 is 23.2 Å². The number of anilines is 2. The Kier molecular flexibility index (Phi) is 5.76. The summed E-state index contributed by atoms with van der Waals surface area (Å²) in [5.41, 5.74) is 1.08. The fourth-order valence-electron chi connectivity index (χ4n) is 2.69. The summed E-state index contributed by atoms with van der Waals surface area (Å²) in [5, 5.41) is 3.34. The first-order valence-corrected chi connectivity index (χ1v) is 9.05. The second kappa shape index (κ2) is 8.08. The molecule has 0 fully saturated rings. The van der Waals surface area contributed by atoms with Gasteiger partial charge in [0.05, 0.1) is 16.4 Å². The van der Waals surface area contributed by atoms with Crippen molar-refractivity contribution >= 4 is 52.3 Å². The fourth-order valence-corrected chi connectivity index (χ4v) is 3.03. The number of nitrogens with one attached hydrogen (secondary N) is 1. The zero-order valence-corrected chi connectivity index (χ0v) is 16.7. The highest BCUT2D eigenvalue weighted by Gasteiger charge is 2.28. The maximum Gasteiger partial charge on any atom is 0.265 e. The molecule has 1 heterocycles. The van der Waals surface area contributed by atoms with E-state index < -0.39 is 5.91 Å². The number of amides is 3. The smallest absolute Gasteiger partial charge is 0.265 e. The van der Waals surface area contributed by atoms with Crippen molar-refractivity contribution in [1.29, 1.82) is 0 Å². The molecule has 0 unspecified atom stereocenters. The molecule has 7 nitrogen and oxygen atoms in total. The van der Waals surface area contributed by atoms with Gasteiger partial charge in [-0.15, -0.1) is 0 Å². The van der Waals surface area contributed by atoms with E-state index in [2.05, 4.69) is 5.32 Å². The van der Waals surface area contributed by atoms with Gasteiger partial charge in [-0.3, -0.25) is 19.3 Å². The van der Waals surface area contributed by atoms with E-state index in [-0.39, 0.29) is 35.7 Å².